The minimum atomic E-state index is -1.07. The zero-order chi connectivity index (χ0) is 16.7. The lowest BCUT2D eigenvalue weighted by molar-refractivity contribution is -0.140. The number of para-hydroxylation sites is 1. The van der Waals surface area contributed by atoms with Crippen LogP contribution in [0.3, 0.4) is 0 Å². The molecule has 1 heterocycles. The molecule has 1 aromatic heterocycles. The number of aromatic nitrogens is 1. The average Bonchev–Trinajstić information content (AvgIpc) is 2.90. The van der Waals surface area contributed by atoms with Crippen molar-refractivity contribution in [3.05, 3.63) is 36.0 Å². The third-order valence-corrected chi connectivity index (χ3v) is 3.07. The predicted molar refractivity (Wildman–Crippen MR) is 80.7 cm³/mol. The van der Waals surface area contributed by atoms with Gasteiger partial charge in [-0.15, -0.1) is 0 Å². The van der Waals surface area contributed by atoms with Crippen LogP contribution in [0.15, 0.2) is 30.3 Å². The van der Waals surface area contributed by atoms with E-state index in [1.807, 2.05) is 30.3 Å². The molecule has 0 aliphatic rings. The van der Waals surface area contributed by atoms with Gasteiger partial charge >= 0.3 is 5.97 Å². The number of Topliss-reactive ketones (excluding diaryl/α,β-unsaturated/α-hetero) is 2. The SMILES string of the molecule is CC(=O)c1cc2ccccc2[nH]1.CC(CC(=O)O)C(=O)CF. The normalized spacial score (nSPS) is 11.4. The van der Waals surface area contributed by atoms with Gasteiger partial charge in [0, 0.05) is 23.7 Å². The van der Waals surface area contributed by atoms with Crippen molar-refractivity contribution in [2.45, 2.75) is 20.3 Å². The van der Waals surface area contributed by atoms with Crippen LogP contribution in [0, 0.1) is 5.92 Å². The summed E-state index contributed by atoms with van der Waals surface area (Å²) in [5, 5.41) is 9.24. The maximum atomic E-state index is 11.5. The summed E-state index contributed by atoms with van der Waals surface area (Å²) >= 11 is 0. The first-order valence-electron chi connectivity index (χ1n) is 6.74. The fourth-order valence-electron chi connectivity index (χ4n) is 1.77. The number of fused-ring (bicyclic) bond motifs is 1. The zero-order valence-electron chi connectivity index (χ0n) is 12.4. The molecule has 1 atom stereocenters. The number of aromatic amines is 1. The summed E-state index contributed by atoms with van der Waals surface area (Å²) in [5.41, 5.74) is 1.69. The van der Waals surface area contributed by atoms with Crippen LogP contribution in [0.2, 0.25) is 0 Å². The fourth-order valence-corrected chi connectivity index (χ4v) is 1.77. The lowest BCUT2D eigenvalue weighted by Crippen LogP contribution is -2.16. The molecule has 0 bridgehead atoms. The first-order valence-corrected chi connectivity index (χ1v) is 6.74. The molecule has 0 aliphatic heterocycles. The summed E-state index contributed by atoms with van der Waals surface area (Å²) in [6.07, 6.45) is -0.289. The Bertz CT molecular complexity index is 645. The number of carbonyl (C=O) groups is 3. The highest BCUT2D eigenvalue weighted by atomic mass is 19.1. The summed E-state index contributed by atoms with van der Waals surface area (Å²) in [5.74, 6) is -2.36. The van der Waals surface area contributed by atoms with Gasteiger partial charge in [-0.05, 0) is 12.1 Å². The molecule has 0 aliphatic carbocycles. The quantitative estimate of drug-likeness (QED) is 0.831. The average molecular weight is 307 g/mol. The molecule has 118 valence electrons. The van der Waals surface area contributed by atoms with Crippen molar-refractivity contribution in [3.63, 3.8) is 0 Å². The highest BCUT2D eigenvalue weighted by Crippen LogP contribution is 2.14. The summed E-state index contributed by atoms with van der Waals surface area (Å²) in [4.78, 5) is 34.4. The number of carboxylic acids is 1. The summed E-state index contributed by atoms with van der Waals surface area (Å²) in [7, 11) is 0. The van der Waals surface area contributed by atoms with Crippen molar-refractivity contribution in [1.29, 1.82) is 0 Å². The van der Waals surface area contributed by atoms with E-state index < -0.39 is 24.3 Å². The van der Waals surface area contributed by atoms with Gasteiger partial charge in [-0.3, -0.25) is 14.4 Å². The Balaban J connectivity index is 0.000000225. The zero-order valence-corrected chi connectivity index (χ0v) is 12.4. The molecular weight excluding hydrogens is 289 g/mol. The van der Waals surface area contributed by atoms with E-state index >= 15 is 0 Å². The largest absolute Gasteiger partial charge is 0.481 e. The number of benzene rings is 1. The van der Waals surface area contributed by atoms with Crippen LogP contribution in [0.1, 0.15) is 30.8 Å². The van der Waals surface area contributed by atoms with Gasteiger partial charge in [-0.1, -0.05) is 25.1 Å². The number of rotatable bonds is 5. The summed E-state index contributed by atoms with van der Waals surface area (Å²) in [6, 6.07) is 9.72. The van der Waals surface area contributed by atoms with E-state index in [1.54, 1.807) is 6.92 Å². The Labute approximate surface area is 127 Å². The maximum Gasteiger partial charge on any atom is 0.304 e. The maximum absolute atomic E-state index is 11.5. The lowest BCUT2D eigenvalue weighted by atomic mass is 10.0. The van der Waals surface area contributed by atoms with Gasteiger partial charge in [0.15, 0.2) is 11.6 Å². The molecule has 2 N–H and O–H groups in total. The van der Waals surface area contributed by atoms with Crippen LogP contribution >= 0.6 is 0 Å². The van der Waals surface area contributed by atoms with E-state index in [0.29, 0.717) is 5.69 Å². The number of nitrogens with one attached hydrogen (secondary N) is 1. The molecule has 5 nitrogen and oxygen atoms in total. The summed E-state index contributed by atoms with van der Waals surface area (Å²) < 4.78 is 11.5. The second kappa shape index (κ2) is 8.07. The van der Waals surface area contributed by atoms with Crippen molar-refractivity contribution < 1.29 is 23.9 Å². The van der Waals surface area contributed by atoms with Gasteiger partial charge in [0.05, 0.1) is 12.1 Å². The van der Waals surface area contributed by atoms with Crippen molar-refractivity contribution in [1.82, 2.24) is 4.98 Å². The minimum absolute atomic E-state index is 0.0752. The number of aliphatic carboxylic acids is 1. The van der Waals surface area contributed by atoms with E-state index in [9.17, 15) is 18.8 Å². The third kappa shape index (κ3) is 5.12. The molecule has 0 saturated heterocycles. The highest BCUT2D eigenvalue weighted by Gasteiger charge is 2.15. The monoisotopic (exact) mass is 307 g/mol. The van der Waals surface area contributed by atoms with E-state index in [4.69, 9.17) is 5.11 Å². The van der Waals surface area contributed by atoms with Crippen LogP contribution in [-0.4, -0.2) is 34.3 Å². The number of hydrogen-bond donors (Lipinski definition) is 2. The van der Waals surface area contributed by atoms with Gasteiger partial charge in [0.2, 0.25) is 0 Å². The van der Waals surface area contributed by atoms with Crippen molar-refractivity contribution in [2.24, 2.45) is 5.92 Å². The smallest absolute Gasteiger partial charge is 0.304 e. The lowest BCUT2D eigenvalue weighted by Gasteiger charge is -2.01. The molecule has 0 radical (unpaired) electrons. The van der Waals surface area contributed by atoms with Crippen LogP contribution < -0.4 is 0 Å². The predicted octanol–water partition coefficient (Wildman–Crippen LogP) is 3.01. The van der Waals surface area contributed by atoms with Crippen molar-refractivity contribution in [2.75, 3.05) is 6.67 Å². The third-order valence-electron chi connectivity index (χ3n) is 3.07. The molecule has 1 aromatic carbocycles. The number of alkyl halides is 1. The number of carbonyl (C=O) groups excluding carboxylic acids is 2. The van der Waals surface area contributed by atoms with Crippen LogP contribution in [0.4, 0.5) is 4.39 Å². The van der Waals surface area contributed by atoms with Crippen LogP contribution in [0.25, 0.3) is 10.9 Å². The minimum Gasteiger partial charge on any atom is -0.481 e. The standard InChI is InChI=1S/C10H9NO.C6H9FO3/c1-7(12)10-6-8-4-2-3-5-9(8)11-10;1-4(2-6(9)10)5(8)3-7/h2-6,11H,1H3;4H,2-3H2,1H3,(H,9,10). The summed E-state index contributed by atoms with van der Waals surface area (Å²) in [6.45, 7) is 1.88. The molecule has 2 aromatic rings. The Hall–Kier alpha value is -2.50. The van der Waals surface area contributed by atoms with Gasteiger partial charge in [-0.2, -0.15) is 0 Å². The Morgan fingerprint density at radius 3 is 2.41 bits per heavy atom. The number of ketones is 2. The van der Waals surface area contributed by atoms with E-state index in [-0.39, 0.29) is 12.2 Å². The Morgan fingerprint density at radius 1 is 1.27 bits per heavy atom. The fraction of sp³-hybridized carbons (Fsp3) is 0.312. The molecule has 2 rings (SSSR count). The van der Waals surface area contributed by atoms with Gasteiger partial charge in [0.1, 0.15) is 6.67 Å². The molecule has 0 amide bonds. The molecule has 0 spiro atoms. The second-order valence-corrected chi connectivity index (χ2v) is 4.93. The van der Waals surface area contributed by atoms with E-state index in [2.05, 4.69) is 4.98 Å². The van der Waals surface area contributed by atoms with Crippen molar-refractivity contribution in [3.8, 4) is 0 Å². The Morgan fingerprint density at radius 2 is 1.91 bits per heavy atom. The second-order valence-electron chi connectivity index (χ2n) is 4.93. The van der Waals surface area contributed by atoms with Crippen molar-refractivity contribution >= 4 is 28.4 Å². The molecule has 0 saturated carbocycles. The highest BCUT2D eigenvalue weighted by molar-refractivity contribution is 5.97. The molecule has 6 heteroatoms. The first-order chi connectivity index (χ1) is 10.3. The van der Waals surface area contributed by atoms with Gasteiger partial charge in [-0.25, -0.2) is 4.39 Å². The van der Waals surface area contributed by atoms with Crippen LogP contribution in [0.5, 0.6) is 0 Å². The van der Waals surface area contributed by atoms with Gasteiger partial charge < -0.3 is 10.1 Å². The number of halogens is 1. The Kier molecular flexibility index (Phi) is 6.44. The van der Waals surface area contributed by atoms with E-state index in [1.165, 1.54) is 6.92 Å². The first kappa shape index (κ1) is 17.6. The van der Waals surface area contributed by atoms with Crippen LogP contribution in [-0.2, 0) is 9.59 Å². The number of H-pyrrole nitrogens is 1. The molecule has 1 unspecified atom stereocenters. The molecule has 0 fully saturated rings. The molecule has 22 heavy (non-hydrogen) atoms. The topological polar surface area (TPSA) is 87.2 Å². The number of carboxylic acid groups (broad SMARTS) is 1. The molecular formula is C16H18FNO4. The van der Waals surface area contributed by atoms with Gasteiger partial charge in [0.25, 0.3) is 0 Å². The number of hydrogen-bond acceptors (Lipinski definition) is 3. The van der Waals surface area contributed by atoms with E-state index in [0.717, 1.165) is 10.9 Å².